The molecule has 1 nitrogen and oxygen atoms in total. The minimum Gasteiger partial charge on any atom is -0.330 e. The highest BCUT2D eigenvalue weighted by Gasteiger charge is 2.46. The van der Waals surface area contributed by atoms with Gasteiger partial charge in [0.15, 0.2) is 0 Å². The minimum absolute atomic E-state index is 0.179. The molecule has 1 aromatic carbocycles. The lowest BCUT2D eigenvalue weighted by Crippen LogP contribution is -2.25. The first-order chi connectivity index (χ1) is 7.41. The van der Waals surface area contributed by atoms with Gasteiger partial charge in [0.1, 0.15) is 11.5 Å². The van der Waals surface area contributed by atoms with E-state index in [1.807, 2.05) is 0 Å². The molecule has 0 aromatic heterocycles. The molecule has 0 aliphatic heterocycles. The van der Waals surface area contributed by atoms with Crippen LogP contribution in [0.15, 0.2) is 18.2 Å². The van der Waals surface area contributed by atoms with Crippen LogP contribution in [-0.2, 0) is 11.1 Å². The van der Waals surface area contributed by atoms with Crippen molar-refractivity contribution in [1.82, 2.24) is 0 Å². The van der Waals surface area contributed by atoms with E-state index in [-0.39, 0.29) is 11.0 Å². The smallest absolute Gasteiger partial charge is 0.133 e. The van der Waals surface area contributed by atoms with Crippen LogP contribution >= 0.6 is 0 Å². The van der Waals surface area contributed by atoms with Gasteiger partial charge in [0.2, 0.25) is 0 Å². The molecule has 1 aliphatic rings. The highest BCUT2D eigenvalue weighted by atomic mass is 19.1. The van der Waals surface area contributed by atoms with Crippen molar-refractivity contribution in [3.63, 3.8) is 0 Å². The van der Waals surface area contributed by atoms with E-state index < -0.39 is 11.5 Å². The molecule has 2 rings (SSSR count). The number of alkyl halides is 1. The van der Waals surface area contributed by atoms with E-state index in [2.05, 4.69) is 0 Å². The van der Waals surface area contributed by atoms with Crippen molar-refractivity contribution in [3.8, 4) is 0 Å². The van der Waals surface area contributed by atoms with Gasteiger partial charge >= 0.3 is 0 Å². The molecule has 88 valence electrons. The largest absolute Gasteiger partial charge is 0.330 e. The van der Waals surface area contributed by atoms with E-state index in [1.165, 1.54) is 19.9 Å². The maximum Gasteiger partial charge on any atom is 0.133 e. The van der Waals surface area contributed by atoms with Gasteiger partial charge in [-0.15, -0.1) is 0 Å². The number of nitrogens with two attached hydrogens (primary N) is 1. The van der Waals surface area contributed by atoms with Gasteiger partial charge in [-0.3, -0.25) is 0 Å². The Labute approximate surface area is 94.7 Å². The molecule has 0 spiro atoms. The zero-order valence-corrected chi connectivity index (χ0v) is 9.69. The van der Waals surface area contributed by atoms with Crippen LogP contribution in [0.3, 0.4) is 0 Å². The lowest BCUT2D eigenvalue weighted by molar-refractivity contribution is 0.210. The summed E-state index contributed by atoms with van der Waals surface area (Å²) < 4.78 is 27.8. The second-order valence-corrected chi connectivity index (χ2v) is 5.12. The van der Waals surface area contributed by atoms with Crippen LogP contribution in [0.5, 0.6) is 0 Å². The van der Waals surface area contributed by atoms with Crippen LogP contribution in [0.25, 0.3) is 0 Å². The number of hydrogen-bond acceptors (Lipinski definition) is 1. The van der Waals surface area contributed by atoms with E-state index >= 15 is 0 Å². The average Bonchev–Trinajstić information content (AvgIpc) is 2.95. The fourth-order valence-electron chi connectivity index (χ4n) is 2.30. The van der Waals surface area contributed by atoms with Gasteiger partial charge in [-0.25, -0.2) is 8.78 Å². The van der Waals surface area contributed by atoms with Gasteiger partial charge in [-0.2, -0.15) is 0 Å². The second kappa shape index (κ2) is 3.52. The Bertz CT molecular complexity index is 403. The Balaban J connectivity index is 2.58. The molecule has 0 unspecified atom stereocenters. The molecule has 1 saturated carbocycles. The highest BCUT2D eigenvalue weighted by Crippen LogP contribution is 2.50. The molecule has 0 amide bonds. The van der Waals surface area contributed by atoms with E-state index in [0.29, 0.717) is 6.54 Å². The van der Waals surface area contributed by atoms with Gasteiger partial charge in [0.05, 0.1) is 0 Å². The van der Waals surface area contributed by atoms with Crippen molar-refractivity contribution in [1.29, 1.82) is 0 Å². The molecule has 2 N–H and O–H groups in total. The molecular weight excluding hydrogens is 208 g/mol. The summed E-state index contributed by atoms with van der Waals surface area (Å²) in [5.74, 6) is -0.468. The molecular formula is C13H17F2N. The number of hydrogen-bond donors (Lipinski definition) is 1. The van der Waals surface area contributed by atoms with Crippen LogP contribution in [0, 0.1) is 5.82 Å². The second-order valence-electron chi connectivity index (χ2n) is 5.12. The van der Waals surface area contributed by atoms with Crippen LogP contribution < -0.4 is 5.73 Å². The third-order valence-electron chi connectivity index (χ3n) is 3.42. The molecule has 1 aliphatic carbocycles. The summed E-state index contributed by atoms with van der Waals surface area (Å²) in [5, 5.41) is 0. The number of benzene rings is 1. The summed E-state index contributed by atoms with van der Waals surface area (Å²) in [4.78, 5) is 0. The zero-order chi connectivity index (χ0) is 12.0. The molecule has 3 heteroatoms. The zero-order valence-electron chi connectivity index (χ0n) is 9.69. The van der Waals surface area contributed by atoms with Crippen molar-refractivity contribution in [2.75, 3.05) is 6.54 Å². The predicted molar refractivity (Wildman–Crippen MR) is 60.5 cm³/mol. The standard InChI is InChI=1S/C13H17F2N/c1-12(2,15)11-9(4-3-5-10(11)14)13(8-16)6-7-13/h3-5H,6-8,16H2,1-2H3. The lowest BCUT2D eigenvalue weighted by atomic mass is 9.85. The van der Waals surface area contributed by atoms with Gasteiger partial charge in [0, 0.05) is 17.5 Å². The summed E-state index contributed by atoms with van der Waals surface area (Å²) in [7, 11) is 0. The van der Waals surface area contributed by atoms with Gasteiger partial charge in [-0.1, -0.05) is 12.1 Å². The molecule has 0 radical (unpaired) electrons. The van der Waals surface area contributed by atoms with Crippen LogP contribution in [0.1, 0.15) is 37.8 Å². The normalized spacial score (nSPS) is 18.6. The molecule has 0 saturated heterocycles. The Morgan fingerprint density at radius 2 is 2.00 bits per heavy atom. The monoisotopic (exact) mass is 225 g/mol. The summed E-state index contributed by atoms with van der Waals surface area (Å²) in [6, 6.07) is 4.75. The number of rotatable bonds is 3. The van der Waals surface area contributed by atoms with Crippen LogP contribution in [0.2, 0.25) is 0 Å². The van der Waals surface area contributed by atoms with Gasteiger partial charge in [0.25, 0.3) is 0 Å². The summed E-state index contributed by atoms with van der Waals surface area (Å²) in [5.41, 5.74) is 4.81. The highest BCUT2D eigenvalue weighted by molar-refractivity contribution is 5.42. The van der Waals surface area contributed by atoms with Gasteiger partial charge < -0.3 is 5.73 Å². The maximum atomic E-state index is 14.1. The van der Waals surface area contributed by atoms with E-state index in [4.69, 9.17) is 5.73 Å². The van der Waals surface area contributed by atoms with E-state index in [1.54, 1.807) is 12.1 Å². The summed E-state index contributed by atoms with van der Waals surface area (Å²) in [6.45, 7) is 3.24. The summed E-state index contributed by atoms with van der Waals surface area (Å²) in [6.07, 6.45) is 1.85. The van der Waals surface area contributed by atoms with Crippen LogP contribution in [0.4, 0.5) is 8.78 Å². The maximum absolute atomic E-state index is 14.1. The molecule has 1 fully saturated rings. The molecule has 16 heavy (non-hydrogen) atoms. The average molecular weight is 225 g/mol. The topological polar surface area (TPSA) is 26.0 Å². The van der Waals surface area contributed by atoms with Crippen molar-refractivity contribution in [2.45, 2.75) is 37.8 Å². The van der Waals surface area contributed by atoms with Crippen molar-refractivity contribution >= 4 is 0 Å². The van der Waals surface area contributed by atoms with Crippen molar-refractivity contribution in [3.05, 3.63) is 35.1 Å². The molecule has 0 bridgehead atoms. The third kappa shape index (κ3) is 1.73. The number of halogens is 2. The Morgan fingerprint density at radius 1 is 1.38 bits per heavy atom. The first-order valence-corrected chi connectivity index (χ1v) is 5.59. The minimum atomic E-state index is -1.66. The predicted octanol–water partition coefficient (Wildman–Crippen LogP) is 3.02. The summed E-state index contributed by atoms with van der Waals surface area (Å²) >= 11 is 0. The van der Waals surface area contributed by atoms with E-state index in [9.17, 15) is 8.78 Å². The lowest BCUT2D eigenvalue weighted by Gasteiger charge is -2.24. The van der Waals surface area contributed by atoms with Crippen LogP contribution in [-0.4, -0.2) is 6.54 Å². The molecule has 0 heterocycles. The molecule has 1 aromatic rings. The van der Waals surface area contributed by atoms with Crippen molar-refractivity contribution < 1.29 is 8.78 Å². The Kier molecular flexibility index (Phi) is 2.54. The fourth-order valence-corrected chi connectivity index (χ4v) is 2.30. The Hall–Kier alpha value is -0.960. The Morgan fingerprint density at radius 3 is 2.44 bits per heavy atom. The van der Waals surface area contributed by atoms with Crippen molar-refractivity contribution in [2.24, 2.45) is 5.73 Å². The SMILES string of the molecule is CC(C)(F)c1c(F)cccc1C1(CN)CC1. The molecule has 0 atom stereocenters. The quantitative estimate of drug-likeness (QED) is 0.840. The van der Waals surface area contributed by atoms with Gasteiger partial charge in [-0.05, 0) is 38.3 Å². The third-order valence-corrected chi connectivity index (χ3v) is 3.42. The first kappa shape index (κ1) is 11.5. The fraction of sp³-hybridized carbons (Fsp3) is 0.538. The first-order valence-electron chi connectivity index (χ1n) is 5.59. The van der Waals surface area contributed by atoms with E-state index in [0.717, 1.165) is 18.4 Å².